The normalized spacial score (nSPS) is 19.9. The molecule has 1 aliphatic rings. The van der Waals surface area contributed by atoms with Crippen LogP contribution in [0.4, 0.5) is 0 Å². The lowest BCUT2D eigenvalue weighted by Gasteiger charge is -2.27. The van der Waals surface area contributed by atoms with Gasteiger partial charge in [0.25, 0.3) is 5.91 Å². The highest BCUT2D eigenvalue weighted by molar-refractivity contribution is 9.10. The molecule has 0 radical (unpaired) electrons. The minimum Gasteiger partial charge on any atom is -0.479 e. The molecular formula is C16H23BrN2O2. The third-order valence-corrected chi connectivity index (χ3v) is 4.53. The summed E-state index contributed by atoms with van der Waals surface area (Å²) in [4.78, 5) is 14.6. The highest BCUT2D eigenvalue weighted by Crippen LogP contribution is 2.27. The van der Waals surface area contributed by atoms with E-state index in [1.807, 2.05) is 43.0 Å². The Morgan fingerprint density at radius 3 is 2.76 bits per heavy atom. The summed E-state index contributed by atoms with van der Waals surface area (Å²) in [5.41, 5.74) is 5.70. The molecule has 0 saturated carbocycles. The maximum atomic E-state index is 12.7. The summed E-state index contributed by atoms with van der Waals surface area (Å²) in [7, 11) is 0. The van der Waals surface area contributed by atoms with Crippen molar-refractivity contribution >= 4 is 21.8 Å². The summed E-state index contributed by atoms with van der Waals surface area (Å²) >= 11 is 3.46. The number of rotatable bonds is 5. The molecule has 116 valence electrons. The van der Waals surface area contributed by atoms with Crippen molar-refractivity contribution in [1.82, 2.24) is 4.90 Å². The second kappa shape index (κ2) is 7.27. The van der Waals surface area contributed by atoms with Crippen LogP contribution >= 0.6 is 15.9 Å². The van der Waals surface area contributed by atoms with Gasteiger partial charge in [0.1, 0.15) is 5.75 Å². The molecule has 0 aliphatic carbocycles. The van der Waals surface area contributed by atoms with Gasteiger partial charge < -0.3 is 15.4 Å². The van der Waals surface area contributed by atoms with Gasteiger partial charge in [-0.3, -0.25) is 4.79 Å². The Labute approximate surface area is 134 Å². The van der Waals surface area contributed by atoms with Crippen molar-refractivity contribution in [1.29, 1.82) is 0 Å². The van der Waals surface area contributed by atoms with Gasteiger partial charge in [-0.2, -0.15) is 0 Å². The molecule has 1 saturated heterocycles. The van der Waals surface area contributed by atoms with E-state index in [0.29, 0.717) is 18.2 Å². The topological polar surface area (TPSA) is 55.6 Å². The molecule has 2 N–H and O–H groups in total. The number of carbonyl (C=O) groups excluding carboxylic acids is 1. The molecule has 1 heterocycles. The van der Waals surface area contributed by atoms with Crippen LogP contribution in [0.5, 0.6) is 5.75 Å². The summed E-state index contributed by atoms with van der Waals surface area (Å²) in [6.07, 6.45) is 0.530. The average Bonchev–Trinajstić information content (AvgIpc) is 2.94. The monoisotopic (exact) mass is 354 g/mol. The van der Waals surface area contributed by atoms with Gasteiger partial charge in [-0.05, 0) is 52.9 Å². The molecule has 1 amide bonds. The van der Waals surface area contributed by atoms with Gasteiger partial charge >= 0.3 is 0 Å². The first-order valence-electron chi connectivity index (χ1n) is 7.43. The van der Waals surface area contributed by atoms with Crippen molar-refractivity contribution in [2.24, 2.45) is 17.6 Å². The van der Waals surface area contributed by atoms with Crippen LogP contribution in [0.3, 0.4) is 0 Å². The number of para-hydroxylation sites is 1. The number of ether oxygens (including phenoxy) is 1. The van der Waals surface area contributed by atoms with Crippen molar-refractivity contribution < 1.29 is 9.53 Å². The van der Waals surface area contributed by atoms with E-state index in [-0.39, 0.29) is 11.8 Å². The molecule has 4 nitrogen and oxygen atoms in total. The van der Waals surface area contributed by atoms with Gasteiger partial charge in [0, 0.05) is 13.1 Å². The van der Waals surface area contributed by atoms with Gasteiger partial charge in [-0.1, -0.05) is 26.0 Å². The van der Waals surface area contributed by atoms with E-state index in [1.54, 1.807) is 0 Å². The van der Waals surface area contributed by atoms with Crippen LogP contribution in [0, 0.1) is 11.8 Å². The van der Waals surface area contributed by atoms with E-state index in [2.05, 4.69) is 15.9 Å². The van der Waals surface area contributed by atoms with Crippen LogP contribution in [0.1, 0.15) is 20.3 Å². The molecule has 2 atom stereocenters. The SMILES string of the molecule is CC(C)[C@@H](Oc1ccccc1Br)C(=O)N1CC[C@@H](CN)C1. The zero-order valence-corrected chi connectivity index (χ0v) is 14.2. The Kier molecular flexibility index (Phi) is 5.65. The van der Waals surface area contributed by atoms with Crippen LogP contribution in [-0.2, 0) is 4.79 Å². The van der Waals surface area contributed by atoms with Gasteiger partial charge in [0.2, 0.25) is 0 Å². The van der Waals surface area contributed by atoms with E-state index in [4.69, 9.17) is 10.5 Å². The predicted molar refractivity (Wildman–Crippen MR) is 87.1 cm³/mol. The number of likely N-dealkylation sites (tertiary alicyclic amines) is 1. The Balaban J connectivity index is 2.09. The molecule has 1 fully saturated rings. The highest BCUT2D eigenvalue weighted by Gasteiger charge is 2.33. The molecule has 0 aromatic heterocycles. The lowest BCUT2D eigenvalue weighted by molar-refractivity contribution is -0.139. The zero-order valence-electron chi connectivity index (χ0n) is 12.6. The molecule has 21 heavy (non-hydrogen) atoms. The van der Waals surface area contributed by atoms with Gasteiger partial charge in [0.05, 0.1) is 4.47 Å². The minimum atomic E-state index is -0.458. The molecule has 0 unspecified atom stereocenters. The van der Waals surface area contributed by atoms with E-state index in [0.717, 1.165) is 24.0 Å². The predicted octanol–water partition coefficient (Wildman–Crippen LogP) is 2.66. The lowest BCUT2D eigenvalue weighted by Crippen LogP contribution is -2.44. The molecule has 5 heteroatoms. The molecule has 1 aromatic rings. The van der Waals surface area contributed by atoms with E-state index in [1.165, 1.54) is 0 Å². The molecule has 1 aliphatic heterocycles. The summed E-state index contributed by atoms with van der Waals surface area (Å²) in [6, 6.07) is 7.62. The van der Waals surface area contributed by atoms with Crippen LogP contribution in [0.25, 0.3) is 0 Å². The quantitative estimate of drug-likeness (QED) is 0.884. The van der Waals surface area contributed by atoms with Crippen molar-refractivity contribution in [2.45, 2.75) is 26.4 Å². The Bertz CT molecular complexity index is 493. The third-order valence-electron chi connectivity index (χ3n) is 3.87. The summed E-state index contributed by atoms with van der Waals surface area (Å²) in [5, 5.41) is 0. The highest BCUT2D eigenvalue weighted by atomic mass is 79.9. The smallest absolute Gasteiger partial charge is 0.263 e. The number of carbonyl (C=O) groups is 1. The van der Waals surface area contributed by atoms with Crippen molar-refractivity contribution in [3.8, 4) is 5.75 Å². The fraction of sp³-hybridized carbons (Fsp3) is 0.562. The maximum Gasteiger partial charge on any atom is 0.263 e. The van der Waals surface area contributed by atoms with Crippen molar-refractivity contribution in [3.05, 3.63) is 28.7 Å². The number of hydrogen-bond acceptors (Lipinski definition) is 3. The second-order valence-corrected chi connectivity index (χ2v) is 6.74. The zero-order chi connectivity index (χ0) is 15.4. The number of amides is 1. The number of benzene rings is 1. The lowest BCUT2D eigenvalue weighted by atomic mass is 10.1. The van der Waals surface area contributed by atoms with E-state index < -0.39 is 6.10 Å². The van der Waals surface area contributed by atoms with Crippen molar-refractivity contribution in [2.75, 3.05) is 19.6 Å². The Morgan fingerprint density at radius 2 is 2.19 bits per heavy atom. The molecular weight excluding hydrogens is 332 g/mol. The molecule has 2 rings (SSSR count). The standard InChI is InChI=1S/C16H23BrN2O2/c1-11(2)15(21-14-6-4-3-5-13(14)17)16(20)19-8-7-12(9-18)10-19/h3-6,11-12,15H,7-10,18H2,1-2H3/t12-,15+/m0/s1. The third kappa shape index (κ3) is 3.98. The molecule has 0 spiro atoms. The first kappa shape index (κ1) is 16.3. The Morgan fingerprint density at radius 1 is 1.48 bits per heavy atom. The number of halogens is 1. The molecule has 0 bridgehead atoms. The number of nitrogens with two attached hydrogens (primary N) is 1. The van der Waals surface area contributed by atoms with E-state index >= 15 is 0 Å². The number of hydrogen-bond donors (Lipinski definition) is 1. The molecule has 1 aromatic carbocycles. The first-order valence-corrected chi connectivity index (χ1v) is 8.22. The fourth-order valence-corrected chi connectivity index (χ4v) is 2.93. The van der Waals surface area contributed by atoms with Gasteiger partial charge in [-0.25, -0.2) is 0 Å². The summed E-state index contributed by atoms with van der Waals surface area (Å²) in [5.74, 6) is 1.31. The van der Waals surface area contributed by atoms with Gasteiger partial charge in [-0.15, -0.1) is 0 Å². The summed E-state index contributed by atoms with van der Waals surface area (Å²) < 4.78 is 6.85. The van der Waals surface area contributed by atoms with Crippen LogP contribution in [-0.4, -0.2) is 36.5 Å². The van der Waals surface area contributed by atoms with Crippen LogP contribution in [0.15, 0.2) is 28.7 Å². The van der Waals surface area contributed by atoms with E-state index in [9.17, 15) is 4.79 Å². The second-order valence-electron chi connectivity index (χ2n) is 5.89. The van der Waals surface area contributed by atoms with Crippen LogP contribution in [0.2, 0.25) is 0 Å². The van der Waals surface area contributed by atoms with Crippen molar-refractivity contribution in [3.63, 3.8) is 0 Å². The van der Waals surface area contributed by atoms with Gasteiger partial charge in [0.15, 0.2) is 6.10 Å². The minimum absolute atomic E-state index is 0.0664. The fourth-order valence-electron chi connectivity index (χ4n) is 2.55. The average molecular weight is 355 g/mol. The Hall–Kier alpha value is -1.07. The first-order chi connectivity index (χ1) is 10.0. The largest absolute Gasteiger partial charge is 0.479 e. The maximum absolute atomic E-state index is 12.7. The number of nitrogens with zero attached hydrogens (tertiary/aromatic N) is 1. The summed E-state index contributed by atoms with van der Waals surface area (Å²) in [6.45, 7) is 6.19. The van der Waals surface area contributed by atoms with Crippen LogP contribution < -0.4 is 10.5 Å².